The van der Waals surface area contributed by atoms with Gasteiger partial charge in [-0.1, -0.05) is 18.2 Å². The van der Waals surface area contributed by atoms with Crippen LogP contribution < -0.4 is 10.1 Å². The zero-order valence-electron chi connectivity index (χ0n) is 20.7. The van der Waals surface area contributed by atoms with Gasteiger partial charge in [-0.3, -0.25) is 14.4 Å². The zero-order valence-corrected chi connectivity index (χ0v) is 20.7. The number of carbonyl (C=O) groups excluding carboxylic acids is 3. The van der Waals surface area contributed by atoms with Crippen LogP contribution >= 0.6 is 0 Å². The van der Waals surface area contributed by atoms with Gasteiger partial charge in [0.15, 0.2) is 6.17 Å². The molecule has 4 rings (SSSR count). The number of ether oxygens (including phenoxy) is 1. The van der Waals surface area contributed by atoms with E-state index < -0.39 is 24.8 Å². The summed E-state index contributed by atoms with van der Waals surface area (Å²) in [4.78, 5) is 39.0. The normalized spacial score (nSPS) is 22.5. The number of aliphatic hydroxyl groups is 1. The first kappa shape index (κ1) is 26.1. The van der Waals surface area contributed by atoms with Gasteiger partial charge in [-0.15, -0.1) is 0 Å². The van der Waals surface area contributed by atoms with E-state index in [0.29, 0.717) is 17.7 Å². The van der Waals surface area contributed by atoms with Gasteiger partial charge in [0.05, 0.1) is 23.9 Å². The Morgan fingerprint density at radius 3 is 2.62 bits per heavy atom. The molecule has 194 valence electrons. The quantitative estimate of drug-likeness (QED) is 0.591. The fraction of sp³-hybridized carbons (Fsp3) is 0.407. The van der Waals surface area contributed by atoms with Crippen molar-refractivity contribution in [3.63, 3.8) is 0 Å². The van der Waals surface area contributed by atoms with E-state index in [1.807, 2.05) is 6.07 Å². The van der Waals surface area contributed by atoms with Gasteiger partial charge in [0, 0.05) is 32.7 Å². The molecule has 2 aliphatic rings. The zero-order chi connectivity index (χ0) is 26.7. The number of rotatable bonds is 7. The molecule has 4 atom stereocenters. The number of amides is 3. The molecule has 2 aromatic rings. The molecule has 1 saturated carbocycles. The van der Waals surface area contributed by atoms with Crippen molar-refractivity contribution >= 4 is 23.4 Å². The van der Waals surface area contributed by atoms with E-state index in [4.69, 9.17) is 9.84 Å². The minimum absolute atomic E-state index is 0.0523. The average Bonchev–Trinajstić information content (AvgIpc) is 3.70. The number of nitrogens with one attached hydrogen (secondary N) is 1. The molecule has 2 aromatic carbocycles. The lowest BCUT2D eigenvalue weighted by Gasteiger charge is -2.34. The molecule has 0 spiro atoms. The highest BCUT2D eigenvalue weighted by Crippen LogP contribution is 2.40. The number of benzene rings is 2. The Morgan fingerprint density at radius 2 is 1.95 bits per heavy atom. The van der Waals surface area contributed by atoms with Crippen molar-refractivity contribution in [2.45, 2.75) is 25.1 Å². The summed E-state index contributed by atoms with van der Waals surface area (Å²) in [6.45, 7) is -0.582. The second-order valence-corrected chi connectivity index (χ2v) is 9.53. The molecule has 0 aromatic heterocycles. The molecule has 0 bridgehead atoms. The van der Waals surface area contributed by atoms with Crippen molar-refractivity contribution < 1.29 is 28.6 Å². The van der Waals surface area contributed by atoms with Gasteiger partial charge in [-0.05, 0) is 41.8 Å². The summed E-state index contributed by atoms with van der Waals surface area (Å²) in [7, 11) is 3.34. The molecule has 1 aliphatic carbocycles. The maximum absolute atomic E-state index is 14.6. The lowest BCUT2D eigenvalue weighted by atomic mass is 10.0. The van der Waals surface area contributed by atoms with E-state index in [9.17, 15) is 24.0 Å². The van der Waals surface area contributed by atoms with E-state index in [2.05, 4.69) is 11.4 Å². The monoisotopic (exact) mass is 508 g/mol. The molecule has 10 heteroatoms. The summed E-state index contributed by atoms with van der Waals surface area (Å²) in [6.07, 6.45) is -1.49. The predicted molar refractivity (Wildman–Crippen MR) is 133 cm³/mol. The van der Waals surface area contributed by atoms with Crippen molar-refractivity contribution in [2.75, 3.05) is 39.1 Å². The van der Waals surface area contributed by atoms with Crippen LogP contribution in [0, 0.1) is 23.2 Å². The third-order valence-electron chi connectivity index (χ3n) is 6.70. The lowest BCUT2D eigenvalue weighted by molar-refractivity contribution is -0.138. The van der Waals surface area contributed by atoms with Crippen molar-refractivity contribution in [3.05, 3.63) is 48.0 Å². The lowest BCUT2D eigenvalue weighted by Crippen LogP contribution is -2.50. The van der Waals surface area contributed by atoms with Crippen molar-refractivity contribution in [1.82, 2.24) is 9.80 Å². The highest BCUT2D eigenvalue weighted by molar-refractivity contribution is 5.99. The first-order chi connectivity index (χ1) is 17.7. The molecular formula is C27H29FN4O5. The third kappa shape index (κ3) is 5.89. The molecule has 0 unspecified atom stereocenters. The number of halogens is 1. The summed E-state index contributed by atoms with van der Waals surface area (Å²) in [5, 5.41) is 21.5. The van der Waals surface area contributed by atoms with Crippen LogP contribution in [0.25, 0.3) is 11.1 Å². The van der Waals surface area contributed by atoms with Crippen LogP contribution in [0.15, 0.2) is 42.5 Å². The van der Waals surface area contributed by atoms with Gasteiger partial charge >= 0.3 is 0 Å². The summed E-state index contributed by atoms with van der Waals surface area (Å²) < 4.78 is 20.5. The molecular weight excluding hydrogens is 479 g/mol. The standard InChI is InChI=1S/C27H29FN4O5/c1-31(2)27(36)21-12-20(21)26(35)30-19-5-3-4-16(11-19)17-6-7-23(18(10-17)13-29)37-24-8-9-32(14-22(24)28)25(34)15-33/h3-7,10-11,20-22,24,33H,8-9,12,14-15H2,1-2H3,(H,30,35)/t20-,21+,22+,24-/m0/s1. The molecule has 2 fully saturated rings. The Bertz CT molecular complexity index is 1240. The van der Waals surface area contributed by atoms with Gasteiger partial charge < -0.3 is 25.0 Å². The van der Waals surface area contributed by atoms with Crippen LogP contribution in [-0.4, -0.2) is 78.7 Å². The van der Waals surface area contributed by atoms with Crippen molar-refractivity contribution in [3.8, 4) is 22.9 Å². The first-order valence-corrected chi connectivity index (χ1v) is 12.1. The van der Waals surface area contributed by atoms with Crippen LogP contribution in [-0.2, 0) is 14.4 Å². The number of alkyl halides is 1. The topological polar surface area (TPSA) is 123 Å². The van der Waals surface area contributed by atoms with Crippen LogP contribution in [0.2, 0.25) is 0 Å². The number of hydrogen-bond acceptors (Lipinski definition) is 6. The second kappa shape index (κ2) is 11.0. The Kier molecular flexibility index (Phi) is 7.74. The predicted octanol–water partition coefficient (Wildman–Crippen LogP) is 2.20. The van der Waals surface area contributed by atoms with E-state index in [-0.39, 0.29) is 54.5 Å². The number of nitrogens with zero attached hydrogens (tertiary/aromatic N) is 3. The average molecular weight is 509 g/mol. The molecule has 37 heavy (non-hydrogen) atoms. The maximum atomic E-state index is 14.6. The molecule has 0 radical (unpaired) electrons. The Balaban J connectivity index is 1.43. The largest absolute Gasteiger partial charge is 0.486 e. The number of nitriles is 1. The van der Waals surface area contributed by atoms with E-state index in [0.717, 1.165) is 5.56 Å². The summed E-state index contributed by atoms with van der Waals surface area (Å²) in [5.74, 6) is -1.16. The highest BCUT2D eigenvalue weighted by atomic mass is 19.1. The van der Waals surface area contributed by atoms with Gasteiger partial charge in [-0.25, -0.2) is 4.39 Å². The number of anilines is 1. The summed E-state index contributed by atoms with van der Waals surface area (Å²) in [6, 6.07) is 14.3. The van der Waals surface area contributed by atoms with Crippen molar-refractivity contribution in [2.24, 2.45) is 11.8 Å². The number of hydrogen-bond donors (Lipinski definition) is 2. The van der Waals surface area contributed by atoms with Gasteiger partial charge in [0.2, 0.25) is 17.7 Å². The summed E-state index contributed by atoms with van der Waals surface area (Å²) in [5.41, 5.74) is 2.29. The SMILES string of the molecule is CN(C)C(=O)[C@@H]1C[C@@H]1C(=O)Nc1cccc(-c2ccc(O[C@H]3CCN(C(=O)CO)C[C@H]3F)c(C#N)c2)c1. The molecule has 1 saturated heterocycles. The molecule has 9 nitrogen and oxygen atoms in total. The Morgan fingerprint density at radius 1 is 1.19 bits per heavy atom. The molecule has 2 N–H and O–H groups in total. The molecule has 3 amide bonds. The first-order valence-electron chi connectivity index (χ1n) is 12.1. The number of aliphatic hydroxyl groups excluding tert-OH is 1. The number of likely N-dealkylation sites (tertiary alicyclic amines) is 1. The second-order valence-electron chi connectivity index (χ2n) is 9.53. The summed E-state index contributed by atoms with van der Waals surface area (Å²) >= 11 is 0. The third-order valence-corrected chi connectivity index (χ3v) is 6.70. The van der Waals surface area contributed by atoms with Gasteiger partial charge in [0.25, 0.3) is 0 Å². The molecule has 1 heterocycles. The fourth-order valence-electron chi connectivity index (χ4n) is 4.51. The minimum Gasteiger partial charge on any atom is -0.486 e. The van der Waals surface area contributed by atoms with Crippen LogP contribution in [0.5, 0.6) is 5.75 Å². The van der Waals surface area contributed by atoms with Gasteiger partial charge in [0.1, 0.15) is 24.5 Å². The van der Waals surface area contributed by atoms with E-state index in [1.54, 1.807) is 50.5 Å². The smallest absolute Gasteiger partial charge is 0.248 e. The number of carbonyl (C=O) groups is 3. The van der Waals surface area contributed by atoms with Gasteiger partial charge in [-0.2, -0.15) is 5.26 Å². The Hall–Kier alpha value is -3.97. The van der Waals surface area contributed by atoms with E-state index >= 15 is 0 Å². The minimum atomic E-state index is -1.45. The van der Waals surface area contributed by atoms with Crippen LogP contribution in [0.3, 0.4) is 0 Å². The van der Waals surface area contributed by atoms with E-state index in [1.165, 1.54) is 9.80 Å². The fourth-order valence-corrected chi connectivity index (χ4v) is 4.51. The highest BCUT2D eigenvalue weighted by Gasteiger charge is 2.48. The van der Waals surface area contributed by atoms with Crippen LogP contribution in [0.4, 0.5) is 10.1 Å². The van der Waals surface area contributed by atoms with Crippen LogP contribution in [0.1, 0.15) is 18.4 Å². The van der Waals surface area contributed by atoms with Crippen molar-refractivity contribution in [1.29, 1.82) is 5.26 Å². The maximum Gasteiger partial charge on any atom is 0.248 e. The Labute approximate surface area is 214 Å². The molecule has 1 aliphatic heterocycles. The number of piperidine rings is 1.